The summed E-state index contributed by atoms with van der Waals surface area (Å²) in [4.78, 5) is 0. The lowest BCUT2D eigenvalue weighted by Crippen LogP contribution is -2.39. The van der Waals surface area contributed by atoms with Crippen molar-refractivity contribution in [3.05, 3.63) is 60.7 Å². The lowest BCUT2D eigenvalue weighted by Gasteiger charge is -2.34. The normalized spacial score (nSPS) is 10.0. The third kappa shape index (κ3) is 2.59. The predicted octanol–water partition coefficient (Wildman–Crippen LogP) is 3.56. The van der Waals surface area contributed by atoms with E-state index in [1.807, 2.05) is 12.1 Å². The molecular weight excluding hydrogens is 208 g/mol. The Hall–Kier alpha value is -1.96. The molecule has 2 nitrogen and oxygen atoms in total. The summed E-state index contributed by atoms with van der Waals surface area (Å²) in [5.41, 5.74) is 2.40. The van der Waals surface area contributed by atoms with Crippen molar-refractivity contribution in [3.63, 3.8) is 0 Å². The first-order valence-corrected chi connectivity index (χ1v) is 5.94. The second kappa shape index (κ2) is 5.39. The number of benzene rings is 2. The van der Waals surface area contributed by atoms with Crippen LogP contribution in [0.2, 0.25) is 0 Å². The van der Waals surface area contributed by atoms with Crippen molar-refractivity contribution in [1.82, 2.24) is 0 Å². The maximum atomic E-state index is 2.25. The first-order chi connectivity index (χ1) is 8.33. The van der Waals surface area contributed by atoms with Gasteiger partial charge in [-0.3, -0.25) is 10.0 Å². The second-order valence-corrected chi connectivity index (χ2v) is 3.91. The molecule has 0 saturated carbocycles. The number of nitrogens with zero attached hydrogens (tertiary/aromatic N) is 2. The van der Waals surface area contributed by atoms with Gasteiger partial charge in [0.05, 0.1) is 11.4 Å². The Balaban J connectivity index is 2.25. The number of hydrogen-bond donors (Lipinski definition) is 0. The van der Waals surface area contributed by atoms with Gasteiger partial charge in [0.25, 0.3) is 0 Å². The zero-order valence-corrected chi connectivity index (χ0v) is 10.4. The monoisotopic (exact) mass is 226 g/mol. The minimum atomic E-state index is 0.940. The minimum absolute atomic E-state index is 0.940. The Morgan fingerprint density at radius 1 is 0.765 bits per heavy atom. The van der Waals surface area contributed by atoms with E-state index in [1.165, 1.54) is 11.4 Å². The van der Waals surface area contributed by atoms with Crippen molar-refractivity contribution in [1.29, 1.82) is 0 Å². The van der Waals surface area contributed by atoms with Gasteiger partial charge in [0.1, 0.15) is 0 Å². The Morgan fingerprint density at radius 3 is 1.71 bits per heavy atom. The molecule has 0 heterocycles. The molecule has 88 valence electrons. The molecular formula is C15H18N2. The van der Waals surface area contributed by atoms with Gasteiger partial charge in [-0.15, -0.1) is 0 Å². The van der Waals surface area contributed by atoms with E-state index in [1.54, 1.807) is 0 Å². The molecule has 0 N–H and O–H groups in total. The smallest absolute Gasteiger partial charge is 0.0573 e. The Kier molecular flexibility index (Phi) is 3.66. The molecule has 0 aliphatic carbocycles. The van der Waals surface area contributed by atoms with Crippen molar-refractivity contribution in [2.75, 3.05) is 23.6 Å². The number of hydrazine groups is 1. The van der Waals surface area contributed by atoms with Crippen molar-refractivity contribution in [2.24, 2.45) is 0 Å². The van der Waals surface area contributed by atoms with E-state index < -0.39 is 0 Å². The standard InChI is InChI=1S/C15H18N2/c1-3-17(15-12-8-5-9-13-15)16(2)14-10-6-4-7-11-14/h4-13H,3H2,1-2H3. The average Bonchev–Trinajstić information content (AvgIpc) is 2.42. The van der Waals surface area contributed by atoms with Crippen molar-refractivity contribution in [3.8, 4) is 0 Å². The van der Waals surface area contributed by atoms with Gasteiger partial charge in [-0.25, -0.2) is 0 Å². The van der Waals surface area contributed by atoms with Crippen LogP contribution in [0.25, 0.3) is 0 Å². The molecule has 2 aromatic rings. The van der Waals surface area contributed by atoms with Crippen molar-refractivity contribution in [2.45, 2.75) is 6.92 Å². The van der Waals surface area contributed by atoms with Gasteiger partial charge < -0.3 is 0 Å². The number of anilines is 2. The molecule has 0 fully saturated rings. The van der Waals surface area contributed by atoms with Gasteiger partial charge in [0.15, 0.2) is 0 Å². The van der Waals surface area contributed by atoms with Crippen LogP contribution < -0.4 is 10.0 Å². The summed E-state index contributed by atoms with van der Waals surface area (Å²) in [5.74, 6) is 0. The van der Waals surface area contributed by atoms with Gasteiger partial charge in [0, 0.05) is 13.6 Å². The summed E-state index contributed by atoms with van der Waals surface area (Å²) in [7, 11) is 2.09. The van der Waals surface area contributed by atoms with Gasteiger partial charge in [-0.1, -0.05) is 36.4 Å². The molecule has 17 heavy (non-hydrogen) atoms. The highest BCUT2D eigenvalue weighted by Crippen LogP contribution is 2.20. The fourth-order valence-corrected chi connectivity index (χ4v) is 1.95. The van der Waals surface area contributed by atoms with E-state index in [-0.39, 0.29) is 0 Å². The van der Waals surface area contributed by atoms with E-state index in [0.29, 0.717) is 0 Å². The fraction of sp³-hybridized carbons (Fsp3) is 0.200. The van der Waals surface area contributed by atoms with Crippen LogP contribution in [0.4, 0.5) is 11.4 Å². The third-order valence-electron chi connectivity index (χ3n) is 2.85. The van der Waals surface area contributed by atoms with E-state index in [4.69, 9.17) is 0 Å². The largest absolute Gasteiger partial charge is 0.288 e. The second-order valence-electron chi connectivity index (χ2n) is 3.91. The molecule has 2 aromatic carbocycles. The highest BCUT2D eigenvalue weighted by Gasteiger charge is 2.09. The highest BCUT2D eigenvalue weighted by atomic mass is 15.6. The average molecular weight is 226 g/mol. The molecule has 0 aromatic heterocycles. The third-order valence-corrected chi connectivity index (χ3v) is 2.85. The first-order valence-electron chi connectivity index (χ1n) is 5.94. The first kappa shape index (κ1) is 11.5. The molecule has 0 atom stereocenters. The van der Waals surface area contributed by atoms with Crippen molar-refractivity contribution < 1.29 is 0 Å². The predicted molar refractivity (Wildman–Crippen MR) is 74.3 cm³/mol. The van der Waals surface area contributed by atoms with E-state index >= 15 is 0 Å². The van der Waals surface area contributed by atoms with Crippen molar-refractivity contribution >= 4 is 11.4 Å². The summed E-state index contributed by atoms with van der Waals surface area (Å²) < 4.78 is 0. The van der Waals surface area contributed by atoms with Crippen LogP contribution in [-0.4, -0.2) is 13.6 Å². The molecule has 2 rings (SSSR count). The highest BCUT2D eigenvalue weighted by molar-refractivity contribution is 5.56. The summed E-state index contributed by atoms with van der Waals surface area (Å²) >= 11 is 0. The number of hydrogen-bond acceptors (Lipinski definition) is 2. The van der Waals surface area contributed by atoms with Crippen LogP contribution in [0.1, 0.15) is 6.92 Å². The molecule has 0 radical (unpaired) electrons. The van der Waals surface area contributed by atoms with Crippen LogP contribution >= 0.6 is 0 Å². The van der Waals surface area contributed by atoms with Gasteiger partial charge in [-0.2, -0.15) is 0 Å². The molecule has 0 spiro atoms. The maximum Gasteiger partial charge on any atom is 0.0573 e. The van der Waals surface area contributed by atoms with E-state index in [2.05, 4.69) is 72.5 Å². The molecule has 0 unspecified atom stereocenters. The SMILES string of the molecule is CCN(c1ccccc1)N(C)c1ccccc1. The zero-order valence-electron chi connectivity index (χ0n) is 10.4. The quantitative estimate of drug-likeness (QED) is 0.735. The van der Waals surface area contributed by atoms with Crippen LogP contribution in [0.3, 0.4) is 0 Å². The number of rotatable bonds is 4. The lowest BCUT2D eigenvalue weighted by atomic mass is 10.3. The number of para-hydroxylation sites is 2. The van der Waals surface area contributed by atoms with Crippen LogP contribution in [0, 0.1) is 0 Å². The van der Waals surface area contributed by atoms with Crippen LogP contribution in [-0.2, 0) is 0 Å². The summed E-state index contributed by atoms with van der Waals surface area (Å²) in [6.07, 6.45) is 0. The van der Waals surface area contributed by atoms with Gasteiger partial charge in [-0.05, 0) is 31.2 Å². The molecule has 0 amide bonds. The molecule has 0 bridgehead atoms. The minimum Gasteiger partial charge on any atom is -0.288 e. The van der Waals surface area contributed by atoms with Gasteiger partial charge in [0.2, 0.25) is 0 Å². The van der Waals surface area contributed by atoms with Gasteiger partial charge >= 0.3 is 0 Å². The zero-order chi connectivity index (χ0) is 12.1. The van der Waals surface area contributed by atoms with E-state index in [9.17, 15) is 0 Å². The van der Waals surface area contributed by atoms with E-state index in [0.717, 1.165) is 6.54 Å². The molecule has 0 saturated heterocycles. The Morgan fingerprint density at radius 2 is 1.24 bits per heavy atom. The maximum absolute atomic E-state index is 2.25. The topological polar surface area (TPSA) is 6.48 Å². The summed E-state index contributed by atoms with van der Waals surface area (Å²) in [6, 6.07) is 20.8. The fourth-order valence-electron chi connectivity index (χ4n) is 1.95. The van der Waals surface area contributed by atoms with Crippen LogP contribution in [0.15, 0.2) is 60.7 Å². The lowest BCUT2D eigenvalue weighted by molar-refractivity contribution is 0.810. The molecule has 0 aliphatic heterocycles. The summed E-state index contributed by atoms with van der Waals surface area (Å²) in [5, 5.41) is 4.42. The van der Waals surface area contributed by atoms with Crippen LogP contribution in [0.5, 0.6) is 0 Å². The molecule has 0 aliphatic rings. The molecule has 2 heteroatoms. The Bertz CT molecular complexity index is 439. The summed E-state index contributed by atoms with van der Waals surface area (Å²) in [6.45, 7) is 3.10. The Labute approximate surface area is 103 Å².